The predicted molar refractivity (Wildman–Crippen MR) is 73.0 cm³/mol. The van der Waals surface area contributed by atoms with Gasteiger partial charge in [-0.1, -0.05) is 0 Å². The van der Waals surface area contributed by atoms with Crippen molar-refractivity contribution in [1.29, 1.82) is 0 Å². The van der Waals surface area contributed by atoms with Crippen molar-refractivity contribution in [2.45, 2.75) is 61.5 Å². The molecule has 0 aromatic carbocycles. The van der Waals surface area contributed by atoms with Crippen molar-refractivity contribution in [3.8, 4) is 0 Å². The molecule has 0 saturated carbocycles. The first-order valence-corrected chi connectivity index (χ1v) is 7.86. The minimum absolute atomic E-state index is 0.442. The highest BCUT2D eigenvalue weighted by Gasteiger charge is 2.95. The molecule has 1 rings (SSSR count). The molecule has 34 heavy (non-hydrogen) atoms. The monoisotopic (exact) mass is 542 g/mol. The molecule has 20 heteroatoms. The zero-order valence-electron chi connectivity index (χ0n) is 15.8. The lowest BCUT2D eigenvalue weighted by Gasteiger charge is -2.42. The van der Waals surface area contributed by atoms with E-state index in [2.05, 4.69) is 5.10 Å². The largest absolute Gasteiger partial charge is 0.460 e. The first kappa shape index (κ1) is 29.7. The molecule has 1 heterocycles. The van der Waals surface area contributed by atoms with E-state index >= 15 is 0 Å². The smallest absolute Gasteiger partial charge is 0.265 e. The van der Waals surface area contributed by atoms with Gasteiger partial charge in [0.25, 0.3) is 0 Å². The van der Waals surface area contributed by atoms with E-state index in [9.17, 15) is 79.4 Å². The van der Waals surface area contributed by atoms with Crippen LogP contribution in [0.25, 0.3) is 0 Å². The van der Waals surface area contributed by atoms with Crippen LogP contribution in [0.4, 0.5) is 74.6 Å². The summed E-state index contributed by atoms with van der Waals surface area (Å²) in [4.78, 5) is 11.5. The maximum absolute atomic E-state index is 13.9. The molecule has 0 aliphatic rings. The Bertz CT molecular complexity index is 943. The second kappa shape index (κ2) is 7.59. The molecule has 0 saturated heterocycles. The minimum atomic E-state index is -8.75. The van der Waals surface area contributed by atoms with Crippen molar-refractivity contribution >= 4 is 5.91 Å². The molecule has 0 spiro atoms. The van der Waals surface area contributed by atoms with E-state index in [1.54, 1.807) is 0 Å². The highest BCUT2D eigenvalue weighted by molar-refractivity contribution is 5.87. The summed E-state index contributed by atoms with van der Waals surface area (Å²) in [5, 5.41) is 2.81. The van der Waals surface area contributed by atoms with Crippen LogP contribution >= 0.6 is 0 Å². The number of aromatic nitrogens is 2. The third-order valence-corrected chi connectivity index (χ3v) is 4.19. The van der Waals surface area contributed by atoms with Crippen LogP contribution in [0.1, 0.15) is 16.2 Å². The highest BCUT2D eigenvalue weighted by atomic mass is 19.4. The molecule has 0 aliphatic heterocycles. The van der Waals surface area contributed by atoms with E-state index in [0.29, 0.717) is 13.0 Å². The quantitative estimate of drug-likeness (QED) is 0.388. The molecule has 0 unspecified atom stereocenters. The summed E-state index contributed by atoms with van der Waals surface area (Å²) in [6.45, 7) is 1.55. The van der Waals surface area contributed by atoms with Gasteiger partial charge in [0, 0.05) is 5.69 Å². The van der Waals surface area contributed by atoms with Gasteiger partial charge in [-0.05, 0) is 19.9 Å². The molecule has 1 aromatic rings. The zero-order chi connectivity index (χ0) is 27.7. The topological polar surface area (TPSA) is 34.9 Å². The van der Waals surface area contributed by atoms with Gasteiger partial charge in [0.15, 0.2) is 0 Å². The fourth-order valence-electron chi connectivity index (χ4n) is 2.27. The van der Waals surface area contributed by atoms with Crippen LogP contribution < -0.4 is 0 Å². The predicted octanol–water partition coefficient (Wildman–Crippen LogP) is 6.15. The number of carbonyl (C=O) groups is 1. The maximum atomic E-state index is 13.9. The number of nitrogens with zero attached hydrogens (tertiary/aromatic N) is 2. The number of alkyl halides is 17. The standard InChI is InChI=1S/C14H7F17N2O/c1-4-3-5(2)33(32-4)6(34)7(15,16)8(17,18)9(19,20)10(21,22)11(23,24)12(25,26)13(27,28)14(29,30)31/h3H,1-2H3. The number of aryl methyl sites for hydroxylation is 2. The first-order chi connectivity index (χ1) is 14.6. The number of rotatable bonds is 7. The normalized spacial score (nSPS) is 15.6. The summed E-state index contributed by atoms with van der Waals surface area (Å²) in [6.07, 6.45) is -7.83. The lowest BCUT2D eigenvalue weighted by Crippen LogP contribution is -2.75. The Morgan fingerprint density at radius 3 is 1.24 bits per heavy atom. The molecular formula is C14H7F17N2O. The van der Waals surface area contributed by atoms with Crippen molar-refractivity contribution in [2.24, 2.45) is 0 Å². The molecule has 0 radical (unpaired) electrons. The van der Waals surface area contributed by atoms with E-state index in [1.165, 1.54) is 0 Å². The van der Waals surface area contributed by atoms with Crippen molar-refractivity contribution in [3.63, 3.8) is 0 Å². The van der Waals surface area contributed by atoms with Gasteiger partial charge in [0.2, 0.25) is 0 Å². The lowest BCUT2D eigenvalue weighted by atomic mass is 9.89. The van der Waals surface area contributed by atoms with E-state index < -0.39 is 69.6 Å². The maximum Gasteiger partial charge on any atom is 0.460 e. The van der Waals surface area contributed by atoms with E-state index in [4.69, 9.17) is 0 Å². The van der Waals surface area contributed by atoms with Crippen LogP contribution in [-0.4, -0.2) is 63.3 Å². The van der Waals surface area contributed by atoms with Crippen molar-refractivity contribution in [3.05, 3.63) is 17.5 Å². The fourth-order valence-corrected chi connectivity index (χ4v) is 2.27. The van der Waals surface area contributed by atoms with Crippen LogP contribution in [0.5, 0.6) is 0 Å². The highest BCUT2D eigenvalue weighted by Crippen LogP contribution is 2.64. The molecule has 3 nitrogen and oxygen atoms in total. The number of hydrogen-bond acceptors (Lipinski definition) is 2. The van der Waals surface area contributed by atoms with Crippen LogP contribution in [0.3, 0.4) is 0 Å². The second-order valence-electron chi connectivity index (χ2n) is 6.66. The molecule has 0 N–H and O–H groups in total. The third kappa shape index (κ3) is 3.57. The average Bonchev–Trinajstić information content (AvgIpc) is 2.96. The van der Waals surface area contributed by atoms with E-state index in [-0.39, 0.29) is 0 Å². The van der Waals surface area contributed by atoms with E-state index in [0.717, 1.165) is 6.92 Å². The van der Waals surface area contributed by atoms with Gasteiger partial charge < -0.3 is 0 Å². The first-order valence-electron chi connectivity index (χ1n) is 7.86. The Labute approximate surface area is 175 Å². The number of halogens is 17. The third-order valence-electron chi connectivity index (χ3n) is 4.19. The van der Waals surface area contributed by atoms with Crippen molar-refractivity contribution < 1.29 is 79.4 Å². The van der Waals surface area contributed by atoms with Gasteiger partial charge >= 0.3 is 53.5 Å². The Balaban J connectivity index is 3.71. The van der Waals surface area contributed by atoms with Gasteiger partial charge in [0.1, 0.15) is 0 Å². The average molecular weight is 542 g/mol. The van der Waals surface area contributed by atoms with E-state index in [1.807, 2.05) is 0 Å². The zero-order valence-corrected chi connectivity index (χ0v) is 15.8. The lowest BCUT2D eigenvalue weighted by molar-refractivity contribution is -0.459. The summed E-state index contributed by atoms with van der Waals surface area (Å²) < 4.78 is 223. The molecule has 0 atom stereocenters. The summed E-state index contributed by atoms with van der Waals surface area (Å²) in [5.41, 5.74) is -1.28. The Kier molecular flexibility index (Phi) is 6.64. The molecule has 0 amide bonds. The van der Waals surface area contributed by atoms with Gasteiger partial charge in [-0.3, -0.25) is 4.79 Å². The molecule has 0 aliphatic carbocycles. The minimum Gasteiger partial charge on any atom is -0.265 e. The summed E-state index contributed by atoms with van der Waals surface area (Å²) >= 11 is 0. The molecule has 1 aromatic heterocycles. The van der Waals surface area contributed by atoms with Gasteiger partial charge in [0.05, 0.1) is 5.69 Å². The molecule has 0 bridgehead atoms. The molecular weight excluding hydrogens is 535 g/mol. The molecule has 0 fully saturated rings. The second-order valence-corrected chi connectivity index (χ2v) is 6.66. The Morgan fingerprint density at radius 2 is 0.941 bits per heavy atom. The Morgan fingerprint density at radius 1 is 0.618 bits per heavy atom. The van der Waals surface area contributed by atoms with Gasteiger partial charge in [-0.25, -0.2) is 0 Å². The van der Waals surface area contributed by atoms with Crippen LogP contribution in [0, 0.1) is 13.8 Å². The Hall–Kier alpha value is -2.31. The number of carbonyl (C=O) groups excluding carboxylic acids is 1. The summed E-state index contributed by atoms with van der Waals surface area (Å²) in [7, 11) is 0. The van der Waals surface area contributed by atoms with Crippen LogP contribution in [0.2, 0.25) is 0 Å². The van der Waals surface area contributed by atoms with Crippen molar-refractivity contribution in [2.75, 3.05) is 0 Å². The summed E-state index contributed by atoms with van der Waals surface area (Å²) in [5.74, 6) is -61.7. The fraction of sp³-hybridized carbons (Fsp3) is 0.714. The van der Waals surface area contributed by atoms with Crippen molar-refractivity contribution in [1.82, 2.24) is 9.78 Å². The van der Waals surface area contributed by atoms with Crippen LogP contribution in [0.15, 0.2) is 6.07 Å². The van der Waals surface area contributed by atoms with Gasteiger partial charge in [-0.2, -0.15) is 84.4 Å². The number of hydrogen-bond donors (Lipinski definition) is 0. The SMILES string of the molecule is Cc1cc(C)n(C(=O)C(F)(F)C(F)(F)C(F)(F)C(F)(F)C(F)(F)C(F)(F)C(F)(F)C(F)(F)F)n1. The van der Waals surface area contributed by atoms with Crippen LogP contribution in [-0.2, 0) is 0 Å². The van der Waals surface area contributed by atoms with Gasteiger partial charge in [-0.15, -0.1) is 0 Å². The summed E-state index contributed by atoms with van der Waals surface area (Å²) in [6, 6.07) is 0.660. The molecule has 198 valence electrons.